The minimum absolute atomic E-state index is 0.0341. The first kappa shape index (κ1) is 17.6. The van der Waals surface area contributed by atoms with Gasteiger partial charge in [0.25, 0.3) is 0 Å². The van der Waals surface area contributed by atoms with Crippen LogP contribution in [0.25, 0.3) is 0 Å². The van der Waals surface area contributed by atoms with Crippen LogP contribution < -0.4 is 0 Å². The van der Waals surface area contributed by atoms with E-state index in [1.165, 1.54) is 0 Å². The number of halogens is 1. The monoisotopic (exact) mass is 344 g/mol. The van der Waals surface area contributed by atoms with Gasteiger partial charge in [-0.15, -0.1) is 0 Å². The first-order valence-electron chi connectivity index (χ1n) is 8.39. The molecule has 132 valence electrons. The molecular weight excluding hydrogens is 323 g/mol. The van der Waals surface area contributed by atoms with Crippen molar-refractivity contribution in [1.82, 2.24) is 0 Å². The molecule has 1 aliphatic rings. The Morgan fingerprint density at radius 3 is 2.44 bits per heavy atom. The highest BCUT2D eigenvalue weighted by Crippen LogP contribution is 2.24. The number of hydrogen-bond donors (Lipinski definition) is 0. The van der Waals surface area contributed by atoms with E-state index in [9.17, 15) is 9.18 Å². The van der Waals surface area contributed by atoms with Crippen LogP contribution in [0.15, 0.2) is 60.7 Å². The zero-order valence-electron chi connectivity index (χ0n) is 13.8. The minimum Gasteiger partial charge on any atom is -0.459 e. The third kappa shape index (κ3) is 5.11. The van der Waals surface area contributed by atoms with Crippen LogP contribution in [0.4, 0.5) is 4.39 Å². The minimum atomic E-state index is -1.35. The fraction of sp³-hybridized carbons (Fsp3) is 0.350. The summed E-state index contributed by atoms with van der Waals surface area (Å²) in [6.45, 7) is 0.378. The van der Waals surface area contributed by atoms with E-state index in [4.69, 9.17) is 14.2 Å². The summed E-state index contributed by atoms with van der Waals surface area (Å²) in [6, 6.07) is 18.4. The molecule has 0 unspecified atom stereocenters. The fourth-order valence-electron chi connectivity index (χ4n) is 2.76. The summed E-state index contributed by atoms with van der Waals surface area (Å²) in [4.78, 5) is 12.0. The molecule has 0 N–H and O–H groups in total. The maximum absolute atomic E-state index is 13.6. The molecule has 0 bridgehead atoms. The van der Waals surface area contributed by atoms with Gasteiger partial charge in [-0.2, -0.15) is 0 Å². The molecule has 1 saturated heterocycles. The number of alkyl halides is 1. The third-order valence-electron chi connectivity index (χ3n) is 4.11. The molecule has 0 aliphatic carbocycles. The molecule has 3 rings (SSSR count). The Kier molecular flexibility index (Phi) is 6.14. The highest BCUT2D eigenvalue weighted by atomic mass is 19.1. The van der Waals surface area contributed by atoms with E-state index in [1.807, 2.05) is 36.4 Å². The van der Waals surface area contributed by atoms with Gasteiger partial charge in [0, 0.05) is 6.42 Å². The topological polar surface area (TPSA) is 44.8 Å². The molecule has 0 aromatic heterocycles. The summed E-state index contributed by atoms with van der Waals surface area (Å²) in [7, 11) is 0. The van der Waals surface area contributed by atoms with E-state index in [1.54, 1.807) is 24.3 Å². The van der Waals surface area contributed by atoms with Crippen molar-refractivity contribution in [1.29, 1.82) is 0 Å². The zero-order valence-corrected chi connectivity index (χ0v) is 13.8. The van der Waals surface area contributed by atoms with Gasteiger partial charge < -0.3 is 14.2 Å². The maximum Gasteiger partial charge on any atom is 0.338 e. The van der Waals surface area contributed by atoms with Crippen LogP contribution in [-0.4, -0.2) is 31.1 Å². The number of carbonyl (C=O) groups is 1. The van der Waals surface area contributed by atoms with Crippen molar-refractivity contribution in [3.8, 4) is 0 Å². The van der Waals surface area contributed by atoms with Gasteiger partial charge in [0.15, 0.2) is 6.36 Å². The van der Waals surface area contributed by atoms with E-state index in [0.717, 1.165) is 5.56 Å². The fourth-order valence-corrected chi connectivity index (χ4v) is 2.76. The van der Waals surface area contributed by atoms with Crippen molar-refractivity contribution < 1.29 is 23.4 Å². The smallest absolute Gasteiger partial charge is 0.338 e. The summed E-state index contributed by atoms with van der Waals surface area (Å²) >= 11 is 0. The number of ether oxygens (including phenoxy) is 3. The summed E-state index contributed by atoms with van der Waals surface area (Å²) in [5.74, 6) is -0.452. The number of benzene rings is 2. The van der Waals surface area contributed by atoms with Crippen LogP contribution in [0.2, 0.25) is 0 Å². The van der Waals surface area contributed by atoms with Crippen molar-refractivity contribution in [2.24, 2.45) is 0 Å². The average molecular weight is 344 g/mol. The Balaban J connectivity index is 1.55. The second-order valence-electron chi connectivity index (χ2n) is 5.96. The molecule has 2 aromatic carbocycles. The first-order chi connectivity index (χ1) is 12.2. The van der Waals surface area contributed by atoms with E-state index in [0.29, 0.717) is 18.6 Å². The number of carbonyl (C=O) groups excluding carboxylic acids is 1. The Bertz CT molecular complexity index is 662. The van der Waals surface area contributed by atoms with Crippen molar-refractivity contribution in [2.75, 3.05) is 6.61 Å². The lowest BCUT2D eigenvalue weighted by Gasteiger charge is -2.33. The Morgan fingerprint density at radius 1 is 1.04 bits per heavy atom. The van der Waals surface area contributed by atoms with Crippen LogP contribution in [0.5, 0.6) is 0 Å². The van der Waals surface area contributed by atoms with Gasteiger partial charge in [0.2, 0.25) is 0 Å². The molecule has 0 radical (unpaired) electrons. The molecular formula is C20H21FO4. The van der Waals surface area contributed by atoms with Crippen LogP contribution in [0, 0.1) is 0 Å². The van der Waals surface area contributed by atoms with Gasteiger partial charge in [-0.05, 0) is 24.1 Å². The van der Waals surface area contributed by atoms with Gasteiger partial charge in [0.05, 0.1) is 18.3 Å². The highest BCUT2D eigenvalue weighted by Gasteiger charge is 2.33. The van der Waals surface area contributed by atoms with Crippen molar-refractivity contribution in [3.63, 3.8) is 0 Å². The molecule has 4 nitrogen and oxygen atoms in total. The summed E-state index contributed by atoms with van der Waals surface area (Å²) in [5, 5.41) is 0. The van der Waals surface area contributed by atoms with E-state index in [-0.39, 0.29) is 19.1 Å². The number of esters is 1. The third-order valence-corrected chi connectivity index (χ3v) is 4.11. The molecule has 5 heteroatoms. The van der Waals surface area contributed by atoms with Gasteiger partial charge >= 0.3 is 5.97 Å². The zero-order chi connectivity index (χ0) is 17.5. The van der Waals surface area contributed by atoms with Gasteiger partial charge in [-0.25, -0.2) is 9.18 Å². The van der Waals surface area contributed by atoms with Crippen molar-refractivity contribution >= 4 is 5.97 Å². The molecule has 1 fully saturated rings. The van der Waals surface area contributed by atoms with Gasteiger partial charge in [-0.3, -0.25) is 0 Å². The molecule has 1 heterocycles. The van der Waals surface area contributed by atoms with Crippen molar-refractivity contribution in [2.45, 2.75) is 38.0 Å². The van der Waals surface area contributed by atoms with E-state index in [2.05, 4.69) is 0 Å². The standard InChI is InChI=1S/C20H21FO4/c21-19-12-11-17(23-13-15-7-3-1-4-8-15)18(25-19)14-24-20(22)16-9-5-2-6-10-16/h1-10,17-19H,11-14H2/t17-,18+,19-/m0/s1. The second-order valence-corrected chi connectivity index (χ2v) is 5.96. The summed E-state index contributed by atoms with van der Waals surface area (Å²) < 4.78 is 30.1. The normalized spacial score (nSPS) is 23.2. The highest BCUT2D eigenvalue weighted by molar-refractivity contribution is 5.89. The Morgan fingerprint density at radius 2 is 1.72 bits per heavy atom. The van der Waals surface area contributed by atoms with Crippen molar-refractivity contribution in [3.05, 3.63) is 71.8 Å². The molecule has 2 aromatic rings. The number of hydrogen-bond acceptors (Lipinski definition) is 4. The molecule has 0 amide bonds. The predicted molar refractivity (Wildman–Crippen MR) is 90.7 cm³/mol. The van der Waals surface area contributed by atoms with Crippen LogP contribution in [0.1, 0.15) is 28.8 Å². The lowest BCUT2D eigenvalue weighted by molar-refractivity contribution is -0.193. The van der Waals surface area contributed by atoms with E-state index >= 15 is 0 Å². The lowest BCUT2D eigenvalue weighted by Crippen LogP contribution is -2.42. The summed E-state index contributed by atoms with van der Waals surface area (Å²) in [5.41, 5.74) is 1.49. The predicted octanol–water partition coefficient (Wildman–Crippen LogP) is 3.90. The molecule has 0 spiro atoms. The maximum atomic E-state index is 13.6. The quantitative estimate of drug-likeness (QED) is 0.746. The Labute approximate surface area is 146 Å². The first-order valence-corrected chi connectivity index (χ1v) is 8.39. The lowest BCUT2D eigenvalue weighted by atomic mass is 10.1. The summed E-state index contributed by atoms with van der Waals surface area (Å²) in [6.07, 6.45) is -1.46. The van der Waals surface area contributed by atoms with Crippen LogP contribution in [-0.2, 0) is 20.8 Å². The largest absolute Gasteiger partial charge is 0.459 e. The van der Waals surface area contributed by atoms with E-state index < -0.39 is 18.4 Å². The number of rotatable bonds is 6. The van der Waals surface area contributed by atoms with Gasteiger partial charge in [-0.1, -0.05) is 48.5 Å². The Hall–Kier alpha value is -2.24. The molecule has 0 saturated carbocycles. The van der Waals surface area contributed by atoms with Gasteiger partial charge in [0.1, 0.15) is 12.7 Å². The average Bonchev–Trinajstić information content (AvgIpc) is 2.67. The van der Waals surface area contributed by atoms with Crippen LogP contribution >= 0.6 is 0 Å². The van der Waals surface area contributed by atoms with Crippen LogP contribution in [0.3, 0.4) is 0 Å². The molecule has 25 heavy (non-hydrogen) atoms. The molecule has 1 aliphatic heterocycles. The SMILES string of the molecule is O=C(OC[C@H]1O[C@H](F)CC[C@@H]1OCc1ccccc1)c1ccccc1. The molecule has 3 atom stereocenters. The second kappa shape index (κ2) is 8.74.